The molecule has 0 aliphatic heterocycles. The number of hydrogen-bond acceptors (Lipinski definition) is 2. The van der Waals surface area contributed by atoms with Crippen LogP contribution in [0.4, 0.5) is 10.2 Å². The maximum atomic E-state index is 13.3. The molecule has 1 fully saturated rings. The Morgan fingerprint density at radius 2 is 2.20 bits per heavy atom. The Hall–Kier alpha value is -1.12. The molecule has 0 aromatic carbocycles. The molecule has 2 nitrogen and oxygen atoms in total. The lowest BCUT2D eigenvalue weighted by Crippen LogP contribution is -2.31. The van der Waals surface area contributed by atoms with Gasteiger partial charge < -0.3 is 5.32 Å². The number of hydrogen-bond donors (Lipinski definition) is 1. The highest BCUT2D eigenvalue weighted by Crippen LogP contribution is 2.26. The predicted molar refractivity (Wildman–Crippen MR) is 59.2 cm³/mol. The van der Waals surface area contributed by atoms with E-state index in [1.54, 1.807) is 12.3 Å². The van der Waals surface area contributed by atoms with E-state index >= 15 is 0 Å². The minimum absolute atomic E-state index is 0.254. The van der Waals surface area contributed by atoms with E-state index in [9.17, 15) is 4.39 Å². The summed E-state index contributed by atoms with van der Waals surface area (Å²) in [6.07, 6.45) is 6.50. The lowest BCUT2D eigenvalue weighted by molar-refractivity contribution is 0.348. The maximum Gasteiger partial charge on any atom is 0.165 e. The van der Waals surface area contributed by atoms with Crippen molar-refractivity contribution >= 4 is 5.82 Å². The first-order valence-corrected chi connectivity index (χ1v) is 5.64. The van der Waals surface area contributed by atoms with Crippen molar-refractivity contribution in [1.29, 1.82) is 0 Å². The van der Waals surface area contributed by atoms with Crippen LogP contribution < -0.4 is 5.32 Å². The highest BCUT2D eigenvalue weighted by atomic mass is 19.1. The van der Waals surface area contributed by atoms with Crippen molar-refractivity contribution in [2.45, 2.75) is 38.6 Å². The van der Waals surface area contributed by atoms with Crippen LogP contribution in [0.25, 0.3) is 0 Å². The number of nitrogens with one attached hydrogen (secondary N) is 1. The summed E-state index contributed by atoms with van der Waals surface area (Å²) in [4.78, 5) is 4.02. The molecule has 1 saturated carbocycles. The van der Waals surface area contributed by atoms with Gasteiger partial charge in [-0.15, -0.1) is 0 Å². The predicted octanol–water partition coefficient (Wildman–Crippen LogP) is 3.21. The average molecular weight is 208 g/mol. The van der Waals surface area contributed by atoms with Gasteiger partial charge in [0.05, 0.1) is 0 Å². The molecule has 2 unspecified atom stereocenters. The zero-order valence-electron chi connectivity index (χ0n) is 9.04. The second-order valence-electron chi connectivity index (χ2n) is 4.35. The molecule has 0 saturated heterocycles. The van der Waals surface area contributed by atoms with Crippen molar-refractivity contribution in [1.82, 2.24) is 4.98 Å². The largest absolute Gasteiger partial charge is 0.365 e. The van der Waals surface area contributed by atoms with Crippen LogP contribution in [0.1, 0.15) is 32.6 Å². The Labute approximate surface area is 89.9 Å². The number of nitrogens with zero attached hydrogens (tertiary/aromatic N) is 1. The van der Waals surface area contributed by atoms with E-state index in [4.69, 9.17) is 0 Å². The summed E-state index contributed by atoms with van der Waals surface area (Å²) in [5.41, 5.74) is 0. The third kappa shape index (κ3) is 2.46. The summed E-state index contributed by atoms with van der Waals surface area (Å²) in [5, 5.41) is 3.21. The standard InChI is InChI=1S/C12H17FN2/c1-9-5-2-3-7-11(9)15-12-10(13)6-4-8-14-12/h4,6,8-9,11H,2-3,5,7H2,1H3,(H,14,15). The van der Waals surface area contributed by atoms with Crippen molar-refractivity contribution in [3.05, 3.63) is 24.1 Å². The molecule has 1 aromatic rings. The third-order valence-corrected chi connectivity index (χ3v) is 3.19. The Balaban J connectivity index is 2.04. The van der Waals surface area contributed by atoms with E-state index in [1.807, 2.05) is 0 Å². The van der Waals surface area contributed by atoms with Gasteiger partial charge in [-0.1, -0.05) is 19.8 Å². The summed E-state index contributed by atoms with van der Waals surface area (Å²) in [6.45, 7) is 2.22. The van der Waals surface area contributed by atoms with E-state index in [0.29, 0.717) is 17.8 Å². The Morgan fingerprint density at radius 1 is 1.40 bits per heavy atom. The van der Waals surface area contributed by atoms with Crippen LogP contribution in [0.5, 0.6) is 0 Å². The Kier molecular flexibility index (Phi) is 3.19. The zero-order chi connectivity index (χ0) is 10.7. The lowest BCUT2D eigenvalue weighted by Gasteiger charge is -2.29. The Bertz CT molecular complexity index is 327. The topological polar surface area (TPSA) is 24.9 Å². The first-order chi connectivity index (χ1) is 7.27. The molecular formula is C12H17FN2. The first-order valence-electron chi connectivity index (χ1n) is 5.64. The second-order valence-corrected chi connectivity index (χ2v) is 4.35. The molecule has 2 atom stereocenters. The number of rotatable bonds is 2. The van der Waals surface area contributed by atoms with Crippen molar-refractivity contribution in [2.24, 2.45) is 5.92 Å². The van der Waals surface area contributed by atoms with Gasteiger partial charge in [0, 0.05) is 12.2 Å². The summed E-state index contributed by atoms with van der Waals surface area (Å²) in [7, 11) is 0. The number of halogens is 1. The fraction of sp³-hybridized carbons (Fsp3) is 0.583. The molecule has 1 aliphatic rings. The second kappa shape index (κ2) is 4.60. The van der Waals surface area contributed by atoms with E-state index in [0.717, 1.165) is 6.42 Å². The van der Waals surface area contributed by atoms with Gasteiger partial charge in [0.25, 0.3) is 0 Å². The molecule has 15 heavy (non-hydrogen) atoms. The summed E-state index contributed by atoms with van der Waals surface area (Å²) < 4.78 is 13.3. The van der Waals surface area contributed by atoms with Crippen LogP contribution >= 0.6 is 0 Å². The highest BCUT2D eigenvalue weighted by molar-refractivity contribution is 5.36. The van der Waals surface area contributed by atoms with E-state index in [2.05, 4.69) is 17.2 Å². The first kappa shape index (κ1) is 10.4. The van der Waals surface area contributed by atoms with Crippen LogP contribution in [-0.2, 0) is 0 Å². The fourth-order valence-electron chi connectivity index (χ4n) is 2.20. The van der Waals surface area contributed by atoms with E-state index < -0.39 is 0 Å². The SMILES string of the molecule is CC1CCCCC1Nc1ncccc1F. The highest BCUT2D eigenvalue weighted by Gasteiger charge is 2.21. The molecule has 82 valence electrons. The molecule has 1 aromatic heterocycles. The number of aromatic nitrogens is 1. The van der Waals surface area contributed by atoms with Crippen LogP contribution in [0.2, 0.25) is 0 Å². The van der Waals surface area contributed by atoms with Crippen molar-refractivity contribution in [3.8, 4) is 0 Å². The molecule has 1 aliphatic carbocycles. The molecule has 0 radical (unpaired) electrons. The van der Waals surface area contributed by atoms with Gasteiger partial charge in [0.2, 0.25) is 0 Å². The molecule has 0 spiro atoms. The molecule has 1 N–H and O–H groups in total. The number of pyridine rings is 1. The van der Waals surface area contributed by atoms with E-state index in [1.165, 1.54) is 25.3 Å². The minimum atomic E-state index is -0.254. The average Bonchev–Trinajstić information content (AvgIpc) is 2.24. The normalized spacial score (nSPS) is 26.3. The van der Waals surface area contributed by atoms with Crippen LogP contribution in [0, 0.1) is 11.7 Å². The fourth-order valence-corrected chi connectivity index (χ4v) is 2.20. The molecule has 0 amide bonds. The van der Waals surface area contributed by atoms with Crippen LogP contribution in [0.3, 0.4) is 0 Å². The molecule has 0 bridgehead atoms. The monoisotopic (exact) mass is 208 g/mol. The van der Waals surface area contributed by atoms with Crippen LogP contribution in [0.15, 0.2) is 18.3 Å². The molecule has 1 heterocycles. The van der Waals surface area contributed by atoms with Crippen molar-refractivity contribution < 1.29 is 4.39 Å². The van der Waals surface area contributed by atoms with Gasteiger partial charge in [-0.3, -0.25) is 0 Å². The van der Waals surface area contributed by atoms with Crippen molar-refractivity contribution in [2.75, 3.05) is 5.32 Å². The molecular weight excluding hydrogens is 191 g/mol. The van der Waals surface area contributed by atoms with Gasteiger partial charge in [0.15, 0.2) is 11.6 Å². The number of anilines is 1. The van der Waals surface area contributed by atoms with Gasteiger partial charge in [-0.05, 0) is 30.9 Å². The van der Waals surface area contributed by atoms with Gasteiger partial charge in [-0.25, -0.2) is 9.37 Å². The maximum absolute atomic E-state index is 13.3. The quantitative estimate of drug-likeness (QED) is 0.807. The summed E-state index contributed by atoms with van der Waals surface area (Å²) in [5.74, 6) is 0.756. The smallest absolute Gasteiger partial charge is 0.165 e. The van der Waals surface area contributed by atoms with Crippen molar-refractivity contribution in [3.63, 3.8) is 0 Å². The molecule has 2 rings (SSSR count). The van der Waals surface area contributed by atoms with Gasteiger partial charge in [0.1, 0.15) is 0 Å². The van der Waals surface area contributed by atoms with Crippen LogP contribution in [-0.4, -0.2) is 11.0 Å². The zero-order valence-corrected chi connectivity index (χ0v) is 9.04. The van der Waals surface area contributed by atoms with Gasteiger partial charge in [-0.2, -0.15) is 0 Å². The van der Waals surface area contributed by atoms with E-state index in [-0.39, 0.29) is 5.82 Å². The Morgan fingerprint density at radius 3 is 2.93 bits per heavy atom. The summed E-state index contributed by atoms with van der Waals surface area (Å²) >= 11 is 0. The third-order valence-electron chi connectivity index (χ3n) is 3.19. The summed E-state index contributed by atoms with van der Waals surface area (Å²) in [6, 6.07) is 3.44. The minimum Gasteiger partial charge on any atom is -0.365 e. The molecule has 3 heteroatoms. The lowest BCUT2D eigenvalue weighted by atomic mass is 9.86. The van der Waals surface area contributed by atoms with Gasteiger partial charge >= 0.3 is 0 Å².